The second kappa shape index (κ2) is 7.88. The van der Waals surface area contributed by atoms with E-state index in [4.69, 9.17) is 4.74 Å². The number of hydrogen-bond donors (Lipinski definition) is 1. The van der Waals surface area contributed by atoms with Gasteiger partial charge in [0, 0.05) is 6.54 Å². The van der Waals surface area contributed by atoms with Crippen LogP contribution in [-0.2, 0) is 9.53 Å². The third-order valence-electron chi connectivity index (χ3n) is 3.35. The van der Waals surface area contributed by atoms with Gasteiger partial charge in [0.2, 0.25) is 5.91 Å². The summed E-state index contributed by atoms with van der Waals surface area (Å²) in [7, 11) is 0. The molecule has 1 rings (SSSR count). The summed E-state index contributed by atoms with van der Waals surface area (Å²) in [6, 6.07) is -0.169. The van der Waals surface area contributed by atoms with Crippen molar-refractivity contribution in [2.24, 2.45) is 11.8 Å². The van der Waals surface area contributed by atoms with E-state index in [1.807, 2.05) is 13.8 Å². The maximum absolute atomic E-state index is 12.3. The molecule has 1 fully saturated rings. The first-order valence-electron chi connectivity index (χ1n) is 7.25. The van der Waals surface area contributed by atoms with Gasteiger partial charge >= 0.3 is 0 Å². The van der Waals surface area contributed by atoms with Gasteiger partial charge in [-0.15, -0.1) is 0 Å². The highest BCUT2D eigenvalue weighted by Crippen LogP contribution is 2.21. The van der Waals surface area contributed by atoms with E-state index >= 15 is 0 Å². The third kappa shape index (κ3) is 4.98. The molecule has 1 aliphatic heterocycles. The quantitative estimate of drug-likeness (QED) is 0.697. The smallest absolute Gasteiger partial charge is 0.261 e. The highest BCUT2D eigenvalue weighted by molar-refractivity contribution is 5.84. The second-order valence-corrected chi connectivity index (χ2v) is 6.04. The highest BCUT2D eigenvalue weighted by Gasteiger charge is 2.39. The summed E-state index contributed by atoms with van der Waals surface area (Å²) in [6.45, 7) is 8.16. The van der Waals surface area contributed by atoms with Gasteiger partial charge in [0.15, 0.2) is 0 Å². The molecule has 0 bridgehead atoms. The molecular formula is C14H26F2N2O2. The minimum Gasteiger partial charge on any atom is -0.374 e. The van der Waals surface area contributed by atoms with Gasteiger partial charge in [-0.3, -0.25) is 10.1 Å². The molecular weight excluding hydrogens is 266 g/mol. The van der Waals surface area contributed by atoms with E-state index in [2.05, 4.69) is 19.2 Å². The van der Waals surface area contributed by atoms with Crippen molar-refractivity contribution in [2.75, 3.05) is 19.8 Å². The summed E-state index contributed by atoms with van der Waals surface area (Å²) in [5, 5.41) is 3.34. The molecule has 0 aromatic carbocycles. The van der Waals surface area contributed by atoms with E-state index in [0.29, 0.717) is 12.5 Å². The minimum absolute atomic E-state index is 0.0404. The van der Waals surface area contributed by atoms with Gasteiger partial charge in [0.1, 0.15) is 6.61 Å². The Balaban J connectivity index is 2.54. The van der Waals surface area contributed by atoms with Crippen molar-refractivity contribution >= 4 is 5.91 Å². The summed E-state index contributed by atoms with van der Waals surface area (Å²) in [5.41, 5.74) is 0. The number of alkyl halides is 2. The van der Waals surface area contributed by atoms with E-state index in [1.54, 1.807) is 4.90 Å². The Kier molecular flexibility index (Phi) is 6.82. The lowest BCUT2D eigenvalue weighted by atomic mass is 10.0. The number of rotatable bonds is 8. The zero-order chi connectivity index (χ0) is 15.3. The fourth-order valence-corrected chi connectivity index (χ4v) is 2.48. The lowest BCUT2D eigenvalue weighted by Gasteiger charge is -2.27. The Bertz CT molecular complexity index is 312. The van der Waals surface area contributed by atoms with Crippen LogP contribution >= 0.6 is 0 Å². The molecule has 1 heterocycles. The first kappa shape index (κ1) is 17.3. The topological polar surface area (TPSA) is 41.6 Å². The number of hydrogen-bond acceptors (Lipinski definition) is 3. The van der Waals surface area contributed by atoms with Crippen LogP contribution in [0.2, 0.25) is 0 Å². The Morgan fingerprint density at radius 2 is 1.95 bits per heavy atom. The Morgan fingerprint density at radius 1 is 1.30 bits per heavy atom. The fourth-order valence-electron chi connectivity index (χ4n) is 2.48. The van der Waals surface area contributed by atoms with Crippen molar-refractivity contribution in [3.63, 3.8) is 0 Å². The Morgan fingerprint density at radius 3 is 2.45 bits per heavy atom. The Labute approximate surface area is 119 Å². The SMILES string of the molecule is CC(C)CC1NC(C(C)C)N(CCOCC(F)F)C1=O. The van der Waals surface area contributed by atoms with Gasteiger partial charge in [-0.25, -0.2) is 8.78 Å². The van der Waals surface area contributed by atoms with Crippen LogP contribution in [0.25, 0.3) is 0 Å². The monoisotopic (exact) mass is 292 g/mol. The molecule has 0 saturated carbocycles. The van der Waals surface area contributed by atoms with Crippen LogP contribution < -0.4 is 5.32 Å². The summed E-state index contributed by atoms with van der Waals surface area (Å²) in [4.78, 5) is 14.1. The molecule has 2 unspecified atom stereocenters. The van der Waals surface area contributed by atoms with Crippen LogP contribution in [0.5, 0.6) is 0 Å². The van der Waals surface area contributed by atoms with Crippen LogP contribution in [0, 0.1) is 11.8 Å². The molecule has 6 heteroatoms. The predicted octanol–water partition coefficient (Wildman–Crippen LogP) is 2.10. The number of ether oxygens (including phenoxy) is 1. The van der Waals surface area contributed by atoms with E-state index < -0.39 is 13.0 Å². The molecule has 2 atom stereocenters. The number of halogens is 2. The van der Waals surface area contributed by atoms with Crippen molar-refractivity contribution in [2.45, 2.75) is 52.7 Å². The van der Waals surface area contributed by atoms with Crippen LogP contribution in [0.15, 0.2) is 0 Å². The van der Waals surface area contributed by atoms with E-state index in [1.165, 1.54) is 0 Å². The summed E-state index contributed by atoms with van der Waals surface area (Å²) in [6.07, 6.45) is -1.71. The summed E-state index contributed by atoms with van der Waals surface area (Å²) in [5.74, 6) is 0.753. The molecule has 4 nitrogen and oxygen atoms in total. The van der Waals surface area contributed by atoms with Crippen molar-refractivity contribution in [1.82, 2.24) is 10.2 Å². The average Bonchev–Trinajstić information content (AvgIpc) is 2.62. The van der Waals surface area contributed by atoms with Gasteiger partial charge < -0.3 is 9.64 Å². The molecule has 0 aromatic rings. The molecule has 0 aliphatic carbocycles. The maximum Gasteiger partial charge on any atom is 0.261 e. The maximum atomic E-state index is 12.3. The van der Waals surface area contributed by atoms with Crippen LogP contribution in [0.4, 0.5) is 8.78 Å². The number of nitrogens with zero attached hydrogens (tertiary/aromatic N) is 1. The molecule has 118 valence electrons. The number of carbonyl (C=O) groups excluding carboxylic acids is 1. The summed E-state index contributed by atoms with van der Waals surface area (Å²) >= 11 is 0. The van der Waals surface area contributed by atoms with Crippen molar-refractivity contribution in [3.8, 4) is 0 Å². The normalized spacial score (nSPS) is 23.6. The number of nitrogens with one attached hydrogen (secondary N) is 1. The van der Waals surface area contributed by atoms with Gasteiger partial charge in [-0.2, -0.15) is 0 Å². The average molecular weight is 292 g/mol. The zero-order valence-corrected chi connectivity index (χ0v) is 12.7. The van der Waals surface area contributed by atoms with Gasteiger partial charge in [-0.1, -0.05) is 27.7 Å². The van der Waals surface area contributed by atoms with E-state index in [9.17, 15) is 13.6 Å². The van der Waals surface area contributed by atoms with Gasteiger partial charge in [0.25, 0.3) is 6.43 Å². The van der Waals surface area contributed by atoms with Crippen molar-refractivity contribution < 1.29 is 18.3 Å². The molecule has 20 heavy (non-hydrogen) atoms. The fraction of sp³-hybridized carbons (Fsp3) is 0.929. The first-order chi connectivity index (χ1) is 9.32. The molecule has 0 spiro atoms. The molecule has 1 aliphatic rings. The molecule has 1 amide bonds. The lowest BCUT2D eigenvalue weighted by Crippen LogP contribution is -2.43. The molecule has 0 aromatic heterocycles. The van der Waals surface area contributed by atoms with Crippen LogP contribution in [-0.4, -0.2) is 49.2 Å². The minimum atomic E-state index is -2.46. The summed E-state index contributed by atoms with van der Waals surface area (Å²) < 4.78 is 28.9. The Hall–Kier alpha value is -0.750. The van der Waals surface area contributed by atoms with E-state index in [0.717, 1.165) is 6.42 Å². The molecule has 1 saturated heterocycles. The number of amides is 1. The third-order valence-corrected chi connectivity index (χ3v) is 3.35. The van der Waals surface area contributed by atoms with Crippen LogP contribution in [0.3, 0.4) is 0 Å². The lowest BCUT2D eigenvalue weighted by molar-refractivity contribution is -0.131. The first-order valence-corrected chi connectivity index (χ1v) is 7.25. The standard InChI is InChI=1S/C14H26F2N2O2/c1-9(2)7-11-14(19)18(13(17-11)10(3)4)5-6-20-8-12(15)16/h9-13,17H,5-8H2,1-4H3. The zero-order valence-electron chi connectivity index (χ0n) is 12.7. The van der Waals surface area contributed by atoms with Crippen molar-refractivity contribution in [3.05, 3.63) is 0 Å². The van der Waals surface area contributed by atoms with Crippen molar-refractivity contribution in [1.29, 1.82) is 0 Å². The molecule has 0 radical (unpaired) electrons. The van der Waals surface area contributed by atoms with Gasteiger partial charge in [-0.05, 0) is 18.3 Å². The second-order valence-electron chi connectivity index (χ2n) is 6.04. The number of carbonyl (C=O) groups is 1. The van der Waals surface area contributed by atoms with E-state index in [-0.39, 0.29) is 30.6 Å². The largest absolute Gasteiger partial charge is 0.374 e. The van der Waals surface area contributed by atoms with Gasteiger partial charge in [0.05, 0.1) is 18.8 Å². The van der Waals surface area contributed by atoms with Crippen LogP contribution in [0.1, 0.15) is 34.1 Å². The predicted molar refractivity (Wildman–Crippen MR) is 73.5 cm³/mol. The highest BCUT2D eigenvalue weighted by atomic mass is 19.3. The molecule has 1 N–H and O–H groups in total.